The molecule has 2 amide bonds. The lowest BCUT2D eigenvalue weighted by molar-refractivity contribution is -0.141. The van der Waals surface area contributed by atoms with Crippen molar-refractivity contribution >= 4 is 17.6 Å². The summed E-state index contributed by atoms with van der Waals surface area (Å²) < 4.78 is 20.1. The number of ether oxygens (including phenoxy) is 1. The number of nitrogens with zero attached hydrogens (tertiary/aromatic N) is 4. The number of hydrogen-bond acceptors (Lipinski definition) is 5. The molecule has 2 aliphatic heterocycles. The van der Waals surface area contributed by atoms with Gasteiger partial charge in [-0.25, -0.2) is 9.07 Å². The Morgan fingerprint density at radius 1 is 1.13 bits per heavy atom. The highest BCUT2D eigenvalue weighted by molar-refractivity contribution is 5.91. The standard InChI is InChI=1S/C22H28FN5O3/c1-16-14-20(28(25-16)19-4-2-18(23)3-5-19)24-21(29)15-26-8-6-17(7-9-26)22(30)27-10-12-31-13-11-27/h2-5,14,17H,6-13,15H2,1H3,(H,24,29). The fraction of sp³-hybridized carbons (Fsp3) is 0.500. The summed E-state index contributed by atoms with van der Waals surface area (Å²) in [6, 6.07) is 7.75. The quantitative estimate of drug-likeness (QED) is 0.785. The van der Waals surface area contributed by atoms with Gasteiger partial charge in [0.2, 0.25) is 11.8 Å². The molecule has 2 fully saturated rings. The average Bonchev–Trinajstić information content (AvgIpc) is 3.14. The third-order valence-electron chi connectivity index (χ3n) is 5.80. The normalized spacial score (nSPS) is 18.2. The van der Waals surface area contributed by atoms with Crippen molar-refractivity contribution < 1.29 is 18.7 Å². The molecule has 1 aromatic carbocycles. The van der Waals surface area contributed by atoms with Gasteiger partial charge in [0.25, 0.3) is 0 Å². The Bertz CT molecular complexity index is 916. The van der Waals surface area contributed by atoms with E-state index in [1.54, 1.807) is 22.9 Å². The van der Waals surface area contributed by atoms with Gasteiger partial charge in [0.1, 0.15) is 11.6 Å². The van der Waals surface area contributed by atoms with E-state index in [1.807, 2.05) is 11.8 Å². The lowest BCUT2D eigenvalue weighted by Gasteiger charge is -2.35. The summed E-state index contributed by atoms with van der Waals surface area (Å²) in [6.45, 7) is 6.08. The van der Waals surface area contributed by atoms with Gasteiger partial charge in [-0.2, -0.15) is 5.10 Å². The van der Waals surface area contributed by atoms with Crippen LogP contribution in [0.5, 0.6) is 0 Å². The van der Waals surface area contributed by atoms with E-state index in [4.69, 9.17) is 4.74 Å². The minimum absolute atomic E-state index is 0.0277. The van der Waals surface area contributed by atoms with Gasteiger partial charge in [-0.05, 0) is 57.1 Å². The van der Waals surface area contributed by atoms with Crippen LogP contribution in [0.4, 0.5) is 10.2 Å². The molecule has 2 saturated heterocycles. The zero-order chi connectivity index (χ0) is 21.8. The van der Waals surface area contributed by atoms with Crippen LogP contribution in [-0.2, 0) is 14.3 Å². The monoisotopic (exact) mass is 429 g/mol. The molecule has 0 atom stereocenters. The number of aryl methyl sites for hydroxylation is 1. The first-order valence-electron chi connectivity index (χ1n) is 10.7. The highest BCUT2D eigenvalue weighted by Crippen LogP contribution is 2.21. The van der Waals surface area contributed by atoms with Gasteiger partial charge in [0.05, 0.1) is 31.1 Å². The maximum absolute atomic E-state index is 13.2. The second-order valence-electron chi connectivity index (χ2n) is 8.10. The molecule has 0 aliphatic carbocycles. The van der Waals surface area contributed by atoms with Crippen LogP contribution in [0.1, 0.15) is 18.5 Å². The van der Waals surface area contributed by atoms with Crippen molar-refractivity contribution in [3.05, 3.63) is 41.8 Å². The second-order valence-corrected chi connectivity index (χ2v) is 8.10. The van der Waals surface area contributed by atoms with E-state index in [-0.39, 0.29) is 30.1 Å². The number of benzene rings is 1. The number of amides is 2. The number of piperidine rings is 1. The van der Waals surface area contributed by atoms with Crippen molar-refractivity contribution in [2.45, 2.75) is 19.8 Å². The number of carbonyl (C=O) groups excluding carboxylic acids is 2. The molecule has 31 heavy (non-hydrogen) atoms. The Labute approximate surface area is 180 Å². The van der Waals surface area contributed by atoms with Crippen LogP contribution in [0.15, 0.2) is 30.3 Å². The molecule has 166 valence electrons. The van der Waals surface area contributed by atoms with Crippen LogP contribution in [0, 0.1) is 18.7 Å². The molecule has 4 rings (SSSR count). The minimum Gasteiger partial charge on any atom is -0.378 e. The SMILES string of the molecule is Cc1cc(NC(=O)CN2CCC(C(=O)N3CCOCC3)CC2)n(-c2ccc(F)cc2)n1. The van der Waals surface area contributed by atoms with E-state index in [2.05, 4.69) is 15.3 Å². The van der Waals surface area contributed by atoms with E-state index in [9.17, 15) is 14.0 Å². The van der Waals surface area contributed by atoms with E-state index in [0.29, 0.717) is 50.9 Å². The minimum atomic E-state index is -0.325. The van der Waals surface area contributed by atoms with Crippen LogP contribution in [-0.4, -0.2) is 77.3 Å². The number of hydrogen-bond donors (Lipinski definition) is 1. The molecule has 9 heteroatoms. The summed E-state index contributed by atoms with van der Waals surface area (Å²) in [5.74, 6) is 0.326. The number of anilines is 1. The Hall–Kier alpha value is -2.78. The smallest absolute Gasteiger partial charge is 0.239 e. The van der Waals surface area contributed by atoms with Crippen LogP contribution in [0.25, 0.3) is 5.69 Å². The lowest BCUT2D eigenvalue weighted by Crippen LogP contribution is -2.47. The molecule has 0 spiro atoms. The van der Waals surface area contributed by atoms with Crippen molar-refractivity contribution in [3.8, 4) is 5.69 Å². The van der Waals surface area contributed by atoms with Crippen LogP contribution < -0.4 is 5.32 Å². The molecule has 8 nitrogen and oxygen atoms in total. The summed E-state index contributed by atoms with van der Waals surface area (Å²) in [5, 5.41) is 7.31. The van der Waals surface area contributed by atoms with Gasteiger partial charge < -0.3 is 15.0 Å². The van der Waals surface area contributed by atoms with Crippen LogP contribution >= 0.6 is 0 Å². The molecule has 0 radical (unpaired) electrons. The van der Waals surface area contributed by atoms with E-state index < -0.39 is 0 Å². The average molecular weight is 429 g/mol. The maximum atomic E-state index is 13.2. The topological polar surface area (TPSA) is 79.7 Å². The Kier molecular flexibility index (Phi) is 6.62. The van der Waals surface area contributed by atoms with Crippen LogP contribution in [0.2, 0.25) is 0 Å². The Morgan fingerprint density at radius 2 is 1.81 bits per heavy atom. The third kappa shape index (κ3) is 5.29. The van der Waals surface area contributed by atoms with Crippen molar-refractivity contribution in [2.75, 3.05) is 51.3 Å². The Balaban J connectivity index is 1.30. The molecule has 0 saturated carbocycles. The largest absolute Gasteiger partial charge is 0.378 e. The van der Waals surface area contributed by atoms with Crippen molar-refractivity contribution in [3.63, 3.8) is 0 Å². The first-order valence-corrected chi connectivity index (χ1v) is 10.7. The number of carbonyl (C=O) groups is 2. The highest BCUT2D eigenvalue weighted by atomic mass is 19.1. The summed E-state index contributed by atoms with van der Waals surface area (Å²) in [5.41, 5.74) is 1.43. The van der Waals surface area contributed by atoms with E-state index in [0.717, 1.165) is 18.5 Å². The molecule has 2 aliphatic rings. The molecule has 2 aromatic rings. The predicted octanol–water partition coefficient (Wildman–Crippen LogP) is 1.83. The maximum Gasteiger partial charge on any atom is 0.239 e. The van der Waals surface area contributed by atoms with Gasteiger partial charge in [-0.1, -0.05) is 0 Å². The lowest BCUT2D eigenvalue weighted by atomic mass is 9.95. The van der Waals surface area contributed by atoms with Crippen molar-refractivity contribution in [1.82, 2.24) is 19.6 Å². The first kappa shape index (κ1) is 21.5. The molecular formula is C22H28FN5O3. The van der Waals surface area contributed by atoms with Gasteiger partial charge in [-0.15, -0.1) is 0 Å². The number of halogens is 1. The van der Waals surface area contributed by atoms with Crippen molar-refractivity contribution in [2.24, 2.45) is 5.92 Å². The fourth-order valence-corrected chi connectivity index (χ4v) is 4.13. The van der Waals surface area contributed by atoms with Gasteiger partial charge >= 0.3 is 0 Å². The zero-order valence-corrected chi connectivity index (χ0v) is 17.7. The third-order valence-corrected chi connectivity index (χ3v) is 5.80. The predicted molar refractivity (Wildman–Crippen MR) is 113 cm³/mol. The number of aromatic nitrogens is 2. The summed E-state index contributed by atoms with van der Waals surface area (Å²) in [7, 11) is 0. The highest BCUT2D eigenvalue weighted by Gasteiger charge is 2.30. The molecule has 0 bridgehead atoms. The number of likely N-dealkylation sites (tertiary alicyclic amines) is 1. The molecule has 1 N–H and O–H groups in total. The van der Waals surface area contributed by atoms with E-state index in [1.165, 1.54) is 12.1 Å². The van der Waals surface area contributed by atoms with Gasteiger partial charge in [0, 0.05) is 25.1 Å². The van der Waals surface area contributed by atoms with Crippen LogP contribution in [0.3, 0.4) is 0 Å². The molecule has 0 unspecified atom stereocenters. The molecule has 1 aromatic heterocycles. The number of nitrogens with one attached hydrogen (secondary N) is 1. The second kappa shape index (κ2) is 9.57. The summed E-state index contributed by atoms with van der Waals surface area (Å²) >= 11 is 0. The number of morpholine rings is 1. The first-order chi connectivity index (χ1) is 15.0. The molecular weight excluding hydrogens is 401 g/mol. The summed E-state index contributed by atoms with van der Waals surface area (Å²) in [6.07, 6.45) is 1.52. The van der Waals surface area contributed by atoms with Crippen molar-refractivity contribution in [1.29, 1.82) is 0 Å². The zero-order valence-electron chi connectivity index (χ0n) is 17.7. The fourth-order valence-electron chi connectivity index (χ4n) is 4.13. The van der Waals surface area contributed by atoms with Gasteiger partial charge in [-0.3, -0.25) is 14.5 Å². The summed E-state index contributed by atoms with van der Waals surface area (Å²) in [4.78, 5) is 29.3. The number of rotatable bonds is 5. The van der Waals surface area contributed by atoms with E-state index >= 15 is 0 Å². The van der Waals surface area contributed by atoms with Gasteiger partial charge in [0.15, 0.2) is 0 Å². The Morgan fingerprint density at radius 3 is 2.48 bits per heavy atom. The molecule has 3 heterocycles.